The number of hydrogen-bond donors (Lipinski definition) is 0. The van der Waals surface area contributed by atoms with Crippen LogP contribution in [-0.4, -0.2) is 41.0 Å². The van der Waals surface area contributed by atoms with E-state index in [1.54, 1.807) is 4.90 Å². The standard InChI is InChI=1S/C26H26IN3O3/c1-3-4-5-24(31)30(22-12-16(2)21(27)13-20(22)17-6-7-17)23-9-8-18-14-29(19-10-11-33-15-19)26(32)25(18)28-23/h8-9,12-13,17,19H,3,6-7,10-11,14-15H2,1-2H3. The molecule has 1 aliphatic carbocycles. The zero-order valence-electron chi connectivity index (χ0n) is 18.9. The predicted octanol–water partition coefficient (Wildman–Crippen LogP) is 4.69. The van der Waals surface area contributed by atoms with Crippen molar-refractivity contribution in [3.63, 3.8) is 0 Å². The fourth-order valence-corrected chi connectivity index (χ4v) is 5.01. The Balaban J connectivity index is 1.58. The van der Waals surface area contributed by atoms with Crippen LogP contribution in [0.15, 0.2) is 24.3 Å². The lowest BCUT2D eigenvalue weighted by atomic mass is 10.0. The fourth-order valence-electron chi connectivity index (χ4n) is 4.52. The molecular weight excluding hydrogens is 529 g/mol. The SMILES string of the molecule is CCC#CC(=O)N(c1ccc2c(n1)C(=O)N(C1CCOC1)C2)c1cc(C)c(I)cc1C1CC1. The molecule has 1 aromatic carbocycles. The van der Waals surface area contributed by atoms with Crippen molar-refractivity contribution < 1.29 is 14.3 Å². The number of benzene rings is 1. The molecule has 3 aliphatic rings. The molecule has 33 heavy (non-hydrogen) atoms. The highest BCUT2D eigenvalue weighted by atomic mass is 127. The van der Waals surface area contributed by atoms with Crippen molar-refractivity contribution in [1.29, 1.82) is 0 Å². The number of aryl methyl sites for hydroxylation is 1. The van der Waals surface area contributed by atoms with Gasteiger partial charge in [-0.1, -0.05) is 18.9 Å². The molecule has 2 amide bonds. The summed E-state index contributed by atoms with van der Waals surface area (Å²) in [5.41, 5.74) is 4.39. The zero-order valence-corrected chi connectivity index (χ0v) is 21.0. The van der Waals surface area contributed by atoms with E-state index in [2.05, 4.69) is 46.6 Å². The Kier molecular flexibility index (Phi) is 6.14. The Labute approximate surface area is 207 Å². The van der Waals surface area contributed by atoms with Gasteiger partial charge < -0.3 is 9.64 Å². The summed E-state index contributed by atoms with van der Waals surface area (Å²) in [7, 11) is 0. The molecule has 1 saturated carbocycles. The third-order valence-corrected chi connectivity index (χ3v) is 7.65. The smallest absolute Gasteiger partial charge is 0.308 e. The average Bonchev–Trinajstić information content (AvgIpc) is 3.41. The van der Waals surface area contributed by atoms with Crippen LogP contribution in [-0.2, 0) is 16.1 Å². The molecule has 3 heterocycles. The van der Waals surface area contributed by atoms with Gasteiger partial charge in [0.1, 0.15) is 11.5 Å². The van der Waals surface area contributed by atoms with Gasteiger partial charge in [-0.15, -0.1) is 0 Å². The van der Waals surface area contributed by atoms with Gasteiger partial charge in [0.25, 0.3) is 5.91 Å². The summed E-state index contributed by atoms with van der Waals surface area (Å²) in [6.45, 7) is 5.75. The van der Waals surface area contributed by atoms with Gasteiger partial charge in [0.05, 0.1) is 18.3 Å². The Morgan fingerprint density at radius 2 is 2.12 bits per heavy atom. The first kappa shape index (κ1) is 22.4. The van der Waals surface area contributed by atoms with Crippen LogP contribution in [0.1, 0.15) is 65.7 Å². The third kappa shape index (κ3) is 4.26. The maximum atomic E-state index is 13.3. The van der Waals surface area contributed by atoms with Crippen LogP contribution < -0.4 is 4.90 Å². The lowest BCUT2D eigenvalue weighted by Gasteiger charge is -2.24. The first-order valence-corrected chi connectivity index (χ1v) is 12.6. The number of aromatic nitrogens is 1. The largest absolute Gasteiger partial charge is 0.379 e. The van der Waals surface area contributed by atoms with Crippen LogP contribution >= 0.6 is 22.6 Å². The molecular formula is C26H26IN3O3. The monoisotopic (exact) mass is 555 g/mol. The predicted molar refractivity (Wildman–Crippen MR) is 134 cm³/mol. The zero-order chi connectivity index (χ0) is 23.1. The number of fused-ring (bicyclic) bond motifs is 1. The molecule has 5 rings (SSSR count). The van der Waals surface area contributed by atoms with E-state index in [-0.39, 0.29) is 17.9 Å². The summed E-state index contributed by atoms with van der Waals surface area (Å²) in [6.07, 6.45) is 3.67. The van der Waals surface area contributed by atoms with Crippen molar-refractivity contribution >= 4 is 45.9 Å². The Morgan fingerprint density at radius 1 is 1.30 bits per heavy atom. The topological polar surface area (TPSA) is 62.7 Å². The van der Waals surface area contributed by atoms with Gasteiger partial charge in [-0.05, 0) is 89.9 Å². The molecule has 2 fully saturated rings. The van der Waals surface area contributed by atoms with E-state index in [0.717, 1.165) is 41.6 Å². The summed E-state index contributed by atoms with van der Waals surface area (Å²) >= 11 is 2.35. The molecule has 0 bridgehead atoms. The lowest BCUT2D eigenvalue weighted by molar-refractivity contribution is -0.112. The van der Waals surface area contributed by atoms with Gasteiger partial charge in [-0.25, -0.2) is 4.98 Å². The molecule has 2 aromatic rings. The van der Waals surface area contributed by atoms with Crippen molar-refractivity contribution in [2.45, 2.75) is 58.0 Å². The summed E-state index contributed by atoms with van der Waals surface area (Å²) in [5, 5.41) is 0. The maximum Gasteiger partial charge on any atom is 0.308 e. The average molecular weight is 555 g/mol. The van der Waals surface area contributed by atoms with Gasteiger partial charge in [0.15, 0.2) is 0 Å². The van der Waals surface area contributed by atoms with Crippen molar-refractivity contribution in [2.24, 2.45) is 0 Å². The molecule has 0 radical (unpaired) electrons. The summed E-state index contributed by atoms with van der Waals surface area (Å²) in [5.74, 6) is 6.15. The molecule has 0 N–H and O–H groups in total. The van der Waals surface area contributed by atoms with Gasteiger partial charge in [0.2, 0.25) is 0 Å². The van der Waals surface area contributed by atoms with E-state index in [9.17, 15) is 9.59 Å². The number of pyridine rings is 1. The highest BCUT2D eigenvalue weighted by molar-refractivity contribution is 14.1. The number of anilines is 2. The van der Waals surface area contributed by atoms with E-state index in [1.165, 1.54) is 3.57 Å². The van der Waals surface area contributed by atoms with Crippen LogP contribution in [0.4, 0.5) is 11.5 Å². The van der Waals surface area contributed by atoms with Crippen molar-refractivity contribution in [3.8, 4) is 11.8 Å². The summed E-state index contributed by atoms with van der Waals surface area (Å²) in [6, 6.07) is 8.09. The van der Waals surface area contributed by atoms with Crippen LogP contribution in [0.5, 0.6) is 0 Å². The van der Waals surface area contributed by atoms with E-state index < -0.39 is 0 Å². The second-order valence-electron chi connectivity index (χ2n) is 8.86. The Bertz CT molecular complexity index is 1190. The number of ether oxygens (including phenoxy) is 1. The lowest BCUT2D eigenvalue weighted by Crippen LogP contribution is -2.36. The van der Waals surface area contributed by atoms with Crippen molar-refractivity contribution in [1.82, 2.24) is 9.88 Å². The van der Waals surface area contributed by atoms with Crippen LogP contribution in [0.3, 0.4) is 0 Å². The summed E-state index contributed by atoms with van der Waals surface area (Å²) in [4.78, 5) is 34.7. The first-order chi connectivity index (χ1) is 16.0. The highest BCUT2D eigenvalue weighted by Crippen LogP contribution is 2.46. The number of rotatable bonds is 4. The molecule has 1 aromatic heterocycles. The molecule has 1 saturated heterocycles. The molecule has 7 heteroatoms. The van der Waals surface area contributed by atoms with E-state index in [1.807, 2.05) is 30.9 Å². The Hall–Kier alpha value is -2.44. The van der Waals surface area contributed by atoms with Gasteiger partial charge in [-0.3, -0.25) is 14.5 Å². The molecule has 170 valence electrons. The third-order valence-electron chi connectivity index (χ3n) is 6.48. The maximum absolute atomic E-state index is 13.3. The van der Waals surface area contributed by atoms with Gasteiger partial charge in [-0.2, -0.15) is 0 Å². The van der Waals surface area contributed by atoms with E-state index in [4.69, 9.17) is 9.72 Å². The van der Waals surface area contributed by atoms with Gasteiger partial charge in [0, 0.05) is 28.7 Å². The second kappa shape index (κ2) is 9.07. The normalized spacial score (nSPS) is 19.3. The molecule has 1 atom stereocenters. The molecule has 6 nitrogen and oxygen atoms in total. The number of nitrogens with zero attached hydrogens (tertiary/aromatic N) is 3. The van der Waals surface area contributed by atoms with Crippen molar-refractivity contribution in [2.75, 3.05) is 18.1 Å². The van der Waals surface area contributed by atoms with Crippen LogP contribution in [0.25, 0.3) is 0 Å². The summed E-state index contributed by atoms with van der Waals surface area (Å²) < 4.78 is 6.66. The first-order valence-electron chi connectivity index (χ1n) is 11.5. The minimum absolute atomic E-state index is 0.0867. The number of hydrogen-bond acceptors (Lipinski definition) is 4. The Morgan fingerprint density at radius 3 is 2.82 bits per heavy atom. The number of amides is 2. The van der Waals surface area contributed by atoms with E-state index >= 15 is 0 Å². The number of halogens is 1. The quantitative estimate of drug-likeness (QED) is 0.406. The van der Waals surface area contributed by atoms with Gasteiger partial charge >= 0.3 is 5.91 Å². The van der Waals surface area contributed by atoms with Crippen molar-refractivity contribution in [3.05, 3.63) is 50.2 Å². The minimum atomic E-state index is -0.321. The fraction of sp³-hybridized carbons (Fsp3) is 0.423. The highest BCUT2D eigenvalue weighted by Gasteiger charge is 2.37. The van der Waals surface area contributed by atoms with Crippen LogP contribution in [0.2, 0.25) is 0 Å². The number of carbonyl (C=O) groups excluding carboxylic acids is 2. The second-order valence-corrected chi connectivity index (χ2v) is 10.0. The molecule has 2 aliphatic heterocycles. The number of carbonyl (C=O) groups is 2. The molecule has 0 spiro atoms. The van der Waals surface area contributed by atoms with Crippen LogP contribution in [0, 0.1) is 22.3 Å². The van der Waals surface area contributed by atoms with E-state index in [0.29, 0.717) is 43.6 Å². The minimum Gasteiger partial charge on any atom is -0.379 e. The molecule has 1 unspecified atom stereocenters.